The SMILES string of the molecule is COc1cc(OC)c2c(c1)Oc1ccc(C#C[Si](C)(C)C)cc1CC2=O. The van der Waals surface area contributed by atoms with Crippen molar-refractivity contribution < 1.29 is 19.0 Å². The van der Waals surface area contributed by atoms with Gasteiger partial charge in [0, 0.05) is 29.7 Å². The zero-order valence-electron chi connectivity index (χ0n) is 15.7. The molecule has 3 rings (SSSR count). The van der Waals surface area contributed by atoms with Crippen molar-refractivity contribution in [1.29, 1.82) is 0 Å². The molecule has 1 heterocycles. The van der Waals surface area contributed by atoms with Crippen LogP contribution < -0.4 is 14.2 Å². The molecule has 0 N–H and O–H groups in total. The topological polar surface area (TPSA) is 44.8 Å². The van der Waals surface area contributed by atoms with Crippen LogP contribution in [0, 0.1) is 11.5 Å². The number of fused-ring (bicyclic) bond motifs is 2. The molecule has 0 atom stereocenters. The van der Waals surface area contributed by atoms with Gasteiger partial charge >= 0.3 is 0 Å². The van der Waals surface area contributed by atoms with E-state index in [0.717, 1.165) is 11.1 Å². The summed E-state index contributed by atoms with van der Waals surface area (Å²) < 4.78 is 16.7. The predicted molar refractivity (Wildman–Crippen MR) is 104 cm³/mol. The van der Waals surface area contributed by atoms with Crippen LogP contribution in [-0.4, -0.2) is 28.1 Å². The van der Waals surface area contributed by atoms with Crippen LogP contribution in [0.3, 0.4) is 0 Å². The third kappa shape index (κ3) is 3.76. The number of ether oxygens (including phenoxy) is 3. The van der Waals surface area contributed by atoms with Crippen molar-refractivity contribution in [1.82, 2.24) is 0 Å². The first-order valence-electron chi connectivity index (χ1n) is 8.44. The molecule has 1 aliphatic heterocycles. The molecule has 0 aliphatic carbocycles. The quantitative estimate of drug-likeness (QED) is 0.581. The normalized spacial score (nSPS) is 12.7. The van der Waals surface area contributed by atoms with Crippen molar-refractivity contribution >= 4 is 13.9 Å². The fraction of sp³-hybridized carbons (Fsp3) is 0.286. The van der Waals surface area contributed by atoms with Crippen molar-refractivity contribution in [2.75, 3.05) is 14.2 Å². The Morgan fingerprint density at radius 3 is 2.46 bits per heavy atom. The highest BCUT2D eigenvalue weighted by molar-refractivity contribution is 6.83. The molecule has 0 amide bonds. The lowest BCUT2D eigenvalue weighted by molar-refractivity contribution is 0.0990. The summed E-state index contributed by atoms with van der Waals surface area (Å²) in [5, 5.41) is 0. The van der Waals surface area contributed by atoms with Gasteiger partial charge in [-0.05, 0) is 18.2 Å². The largest absolute Gasteiger partial charge is 0.496 e. The monoisotopic (exact) mass is 366 g/mol. The molecule has 0 saturated carbocycles. The van der Waals surface area contributed by atoms with E-state index in [1.54, 1.807) is 19.2 Å². The Kier molecular flexibility index (Phi) is 4.79. The summed E-state index contributed by atoms with van der Waals surface area (Å²) in [6.45, 7) is 6.60. The molecule has 0 bridgehead atoms. The van der Waals surface area contributed by atoms with E-state index in [2.05, 4.69) is 31.1 Å². The van der Waals surface area contributed by atoms with Crippen LogP contribution in [0.15, 0.2) is 30.3 Å². The van der Waals surface area contributed by atoms with Gasteiger partial charge in [-0.3, -0.25) is 4.79 Å². The summed E-state index contributed by atoms with van der Waals surface area (Å²) in [6.07, 6.45) is 0.244. The minimum atomic E-state index is -1.46. The van der Waals surface area contributed by atoms with Gasteiger partial charge < -0.3 is 14.2 Å². The molecule has 0 spiro atoms. The predicted octanol–water partition coefficient (Wildman–Crippen LogP) is 4.46. The third-order valence-electron chi connectivity index (χ3n) is 3.99. The second-order valence-corrected chi connectivity index (χ2v) is 12.0. The number of methoxy groups -OCH3 is 2. The van der Waals surface area contributed by atoms with E-state index in [9.17, 15) is 4.79 Å². The van der Waals surface area contributed by atoms with Crippen molar-refractivity contribution in [2.45, 2.75) is 26.1 Å². The van der Waals surface area contributed by atoms with E-state index >= 15 is 0 Å². The average Bonchev–Trinajstić information content (AvgIpc) is 2.73. The van der Waals surface area contributed by atoms with Crippen LogP contribution in [0.2, 0.25) is 19.6 Å². The van der Waals surface area contributed by atoms with Gasteiger partial charge in [-0.1, -0.05) is 25.6 Å². The molecule has 0 aromatic heterocycles. The van der Waals surface area contributed by atoms with Gasteiger partial charge in [0.2, 0.25) is 0 Å². The Hall–Kier alpha value is -2.71. The van der Waals surface area contributed by atoms with Crippen LogP contribution in [0.5, 0.6) is 23.0 Å². The molecule has 4 nitrogen and oxygen atoms in total. The maximum atomic E-state index is 12.8. The maximum absolute atomic E-state index is 12.8. The van der Waals surface area contributed by atoms with E-state index in [1.807, 2.05) is 18.2 Å². The van der Waals surface area contributed by atoms with Gasteiger partial charge in [0.05, 0.1) is 14.2 Å². The average molecular weight is 366 g/mol. The van der Waals surface area contributed by atoms with Crippen molar-refractivity contribution in [3.8, 4) is 34.5 Å². The van der Waals surface area contributed by atoms with Crippen molar-refractivity contribution in [2.24, 2.45) is 0 Å². The maximum Gasteiger partial charge on any atom is 0.174 e. The molecule has 0 unspecified atom stereocenters. The Morgan fingerprint density at radius 2 is 1.81 bits per heavy atom. The third-order valence-corrected chi connectivity index (χ3v) is 4.86. The van der Waals surface area contributed by atoms with Crippen LogP contribution >= 0.6 is 0 Å². The summed E-state index contributed by atoms with van der Waals surface area (Å²) >= 11 is 0. The van der Waals surface area contributed by atoms with Crippen LogP contribution in [0.4, 0.5) is 0 Å². The lowest BCUT2D eigenvalue weighted by Crippen LogP contribution is -2.16. The van der Waals surface area contributed by atoms with E-state index in [0.29, 0.717) is 28.6 Å². The molecule has 0 radical (unpaired) electrons. The molecular weight excluding hydrogens is 344 g/mol. The molecular formula is C21H22O4Si. The zero-order valence-corrected chi connectivity index (χ0v) is 16.7. The summed E-state index contributed by atoms with van der Waals surface area (Å²) in [4.78, 5) is 12.8. The molecule has 1 aliphatic rings. The van der Waals surface area contributed by atoms with Crippen LogP contribution in [-0.2, 0) is 6.42 Å². The van der Waals surface area contributed by atoms with Gasteiger partial charge in [-0.25, -0.2) is 0 Å². The zero-order chi connectivity index (χ0) is 18.9. The van der Waals surface area contributed by atoms with Crippen LogP contribution in [0.25, 0.3) is 0 Å². The number of hydrogen-bond acceptors (Lipinski definition) is 4. The second kappa shape index (κ2) is 6.89. The van der Waals surface area contributed by atoms with Crippen molar-refractivity contribution in [3.05, 3.63) is 47.0 Å². The van der Waals surface area contributed by atoms with Crippen molar-refractivity contribution in [3.63, 3.8) is 0 Å². The molecule has 134 valence electrons. The lowest BCUT2D eigenvalue weighted by Gasteiger charge is -2.13. The Balaban J connectivity index is 2.06. The Morgan fingerprint density at radius 1 is 1.04 bits per heavy atom. The van der Waals surface area contributed by atoms with Gasteiger partial charge in [0.1, 0.15) is 36.6 Å². The highest BCUT2D eigenvalue weighted by atomic mass is 28.3. The first-order valence-corrected chi connectivity index (χ1v) is 11.9. The number of carbonyl (C=O) groups excluding carboxylic acids is 1. The Bertz CT molecular complexity index is 929. The molecule has 5 heteroatoms. The molecule has 0 saturated heterocycles. The summed E-state index contributed by atoms with van der Waals surface area (Å²) in [5.41, 5.74) is 5.52. The summed E-state index contributed by atoms with van der Waals surface area (Å²) in [6, 6.07) is 9.15. The molecule has 0 fully saturated rings. The number of ketones is 1. The standard InChI is InChI=1S/C21H22O4Si/c1-23-16-12-19(24-2)21-17(22)11-15-10-14(8-9-26(3,4)5)6-7-18(15)25-20(21)13-16/h6-7,10,12-13H,11H2,1-5H3. The summed E-state index contributed by atoms with van der Waals surface area (Å²) in [5.74, 6) is 5.33. The Labute approximate surface area is 155 Å². The number of carbonyl (C=O) groups is 1. The first kappa shape index (κ1) is 18.1. The minimum Gasteiger partial charge on any atom is -0.496 e. The van der Waals surface area contributed by atoms with Gasteiger partial charge in [-0.15, -0.1) is 5.54 Å². The second-order valence-electron chi connectivity index (χ2n) is 7.23. The van der Waals surface area contributed by atoms with E-state index in [-0.39, 0.29) is 12.2 Å². The highest BCUT2D eigenvalue weighted by Crippen LogP contribution is 2.41. The smallest absolute Gasteiger partial charge is 0.174 e. The number of benzene rings is 2. The van der Waals surface area contributed by atoms with Gasteiger partial charge in [0.25, 0.3) is 0 Å². The van der Waals surface area contributed by atoms with E-state index < -0.39 is 8.07 Å². The minimum absolute atomic E-state index is 0.0476. The van der Waals surface area contributed by atoms with E-state index in [1.165, 1.54) is 7.11 Å². The number of rotatable bonds is 2. The highest BCUT2D eigenvalue weighted by Gasteiger charge is 2.26. The molecule has 2 aromatic carbocycles. The van der Waals surface area contributed by atoms with Crippen LogP contribution in [0.1, 0.15) is 21.5 Å². The summed E-state index contributed by atoms with van der Waals surface area (Å²) in [7, 11) is 1.64. The van der Waals surface area contributed by atoms with Gasteiger partial charge in [0.15, 0.2) is 5.78 Å². The first-order chi connectivity index (χ1) is 12.3. The molecule has 26 heavy (non-hydrogen) atoms. The van der Waals surface area contributed by atoms with E-state index in [4.69, 9.17) is 14.2 Å². The van der Waals surface area contributed by atoms with Gasteiger partial charge in [-0.2, -0.15) is 0 Å². The molecule has 2 aromatic rings. The lowest BCUT2D eigenvalue weighted by atomic mass is 10.0. The number of Topliss-reactive ketones (excluding diaryl/α,β-unsaturated/α-hetero) is 1. The fourth-order valence-electron chi connectivity index (χ4n) is 2.73. The number of hydrogen-bond donors (Lipinski definition) is 0. The fourth-order valence-corrected chi connectivity index (χ4v) is 3.25.